The Kier molecular flexibility index (Phi) is 5.86. The summed E-state index contributed by atoms with van der Waals surface area (Å²) in [4.78, 5) is 29.4. The summed E-state index contributed by atoms with van der Waals surface area (Å²) in [5.41, 5.74) is 3.42. The quantitative estimate of drug-likeness (QED) is 0.611. The second-order valence-electron chi connectivity index (χ2n) is 8.56. The number of fused-ring (bicyclic) bond motifs is 1. The minimum absolute atomic E-state index is 0.0223. The van der Waals surface area contributed by atoms with Gasteiger partial charge in [-0.05, 0) is 55.5 Å². The van der Waals surface area contributed by atoms with E-state index < -0.39 is 10.0 Å². The van der Waals surface area contributed by atoms with E-state index in [0.717, 1.165) is 5.56 Å². The Balaban J connectivity index is 1.21. The zero-order valence-electron chi connectivity index (χ0n) is 19.1. The van der Waals surface area contributed by atoms with Gasteiger partial charge in [-0.1, -0.05) is 29.8 Å². The standard InChI is InChI=1S/C26H24N4O4S/c1-18-6-8-19(9-7-18)25(31)29-14-16-30(17-15-29)26(32)20-10-12-21(13-11-20)27-24-22-4-2-3-5-23(22)35(33,34)28-24/h2-13H,14-17H2,1H3,(H,27,28). The Labute approximate surface area is 204 Å². The number of rotatable bonds is 3. The van der Waals surface area contributed by atoms with Crippen LogP contribution in [0.4, 0.5) is 5.69 Å². The minimum Gasteiger partial charge on any atom is -0.339 e. The van der Waals surface area contributed by atoms with Crippen LogP contribution in [0.3, 0.4) is 0 Å². The Morgan fingerprint density at radius 1 is 0.771 bits per heavy atom. The third kappa shape index (κ3) is 4.54. The molecule has 3 aromatic carbocycles. The van der Waals surface area contributed by atoms with Gasteiger partial charge in [-0.3, -0.25) is 9.59 Å². The lowest BCUT2D eigenvalue weighted by Gasteiger charge is -2.35. The van der Waals surface area contributed by atoms with Crippen LogP contribution in [0.25, 0.3) is 0 Å². The SMILES string of the molecule is Cc1ccc(C(=O)N2CCN(C(=O)c3ccc(NC4=NS(=O)(=O)c5ccccc54)cc3)CC2)cc1. The summed E-state index contributed by atoms with van der Waals surface area (Å²) < 4.78 is 28.3. The minimum atomic E-state index is -3.70. The average molecular weight is 489 g/mol. The molecule has 0 bridgehead atoms. The van der Waals surface area contributed by atoms with Crippen molar-refractivity contribution >= 4 is 33.4 Å². The average Bonchev–Trinajstić information content (AvgIpc) is 3.14. The second-order valence-corrected chi connectivity index (χ2v) is 10.1. The molecule has 1 saturated heterocycles. The van der Waals surface area contributed by atoms with Crippen LogP contribution in [0.5, 0.6) is 0 Å². The maximum Gasteiger partial charge on any atom is 0.285 e. The van der Waals surface area contributed by atoms with Gasteiger partial charge in [-0.15, -0.1) is 4.40 Å². The predicted molar refractivity (Wildman–Crippen MR) is 133 cm³/mol. The molecule has 2 amide bonds. The molecule has 3 aromatic rings. The van der Waals surface area contributed by atoms with Crippen LogP contribution in [0.1, 0.15) is 31.8 Å². The van der Waals surface area contributed by atoms with E-state index in [1.54, 1.807) is 52.3 Å². The maximum absolute atomic E-state index is 13.0. The maximum atomic E-state index is 13.0. The van der Waals surface area contributed by atoms with E-state index in [0.29, 0.717) is 48.6 Å². The Hall–Kier alpha value is -3.98. The highest BCUT2D eigenvalue weighted by atomic mass is 32.2. The fourth-order valence-corrected chi connectivity index (χ4v) is 5.38. The molecule has 178 valence electrons. The predicted octanol–water partition coefficient (Wildman–Crippen LogP) is 3.15. The van der Waals surface area contributed by atoms with Crippen LogP contribution in [0.2, 0.25) is 0 Å². The summed E-state index contributed by atoms with van der Waals surface area (Å²) in [5, 5.41) is 3.04. The molecule has 9 heteroatoms. The molecule has 0 aliphatic carbocycles. The van der Waals surface area contributed by atoms with Crippen molar-refractivity contribution < 1.29 is 18.0 Å². The zero-order valence-corrected chi connectivity index (χ0v) is 20.0. The first kappa shape index (κ1) is 22.8. The number of carbonyl (C=O) groups is 2. The number of amides is 2. The van der Waals surface area contributed by atoms with E-state index in [4.69, 9.17) is 0 Å². The van der Waals surface area contributed by atoms with Crippen molar-refractivity contribution in [2.45, 2.75) is 11.8 Å². The molecule has 35 heavy (non-hydrogen) atoms. The van der Waals surface area contributed by atoms with Crippen molar-refractivity contribution in [3.63, 3.8) is 0 Å². The van der Waals surface area contributed by atoms with Crippen molar-refractivity contribution in [2.75, 3.05) is 31.5 Å². The number of aryl methyl sites for hydroxylation is 1. The number of hydrogen-bond acceptors (Lipinski definition) is 5. The van der Waals surface area contributed by atoms with Gasteiger partial charge in [0.25, 0.3) is 21.8 Å². The molecule has 0 radical (unpaired) electrons. The van der Waals surface area contributed by atoms with Gasteiger partial charge in [-0.2, -0.15) is 8.42 Å². The van der Waals surface area contributed by atoms with Crippen LogP contribution in [-0.4, -0.2) is 62.0 Å². The van der Waals surface area contributed by atoms with Gasteiger partial charge in [0.15, 0.2) is 5.84 Å². The van der Waals surface area contributed by atoms with Gasteiger partial charge in [0.2, 0.25) is 0 Å². The molecule has 1 N–H and O–H groups in total. The molecule has 2 aliphatic rings. The van der Waals surface area contributed by atoms with E-state index in [1.807, 2.05) is 31.2 Å². The number of sulfonamides is 1. The van der Waals surface area contributed by atoms with Crippen molar-refractivity contribution in [1.82, 2.24) is 9.80 Å². The van der Waals surface area contributed by atoms with Crippen LogP contribution in [0.15, 0.2) is 82.1 Å². The lowest BCUT2D eigenvalue weighted by molar-refractivity contribution is 0.0535. The van der Waals surface area contributed by atoms with Crippen LogP contribution < -0.4 is 5.32 Å². The number of anilines is 1. The molecular formula is C26H24N4O4S. The van der Waals surface area contributed by atoms with Gasteiger partial charge in [0.1, 0.15) is 4.90 Å². The molecule has 5 rings (SSSR count). The highest BCUT2D eigenvalue weighted by molar-refractivity contribution is 7.90. The normalized spacial score (nSPS) is 16.4. The Bertz CT molecular complexity index is 1420. The first-order valence-electron chi connectivity index (χ1n) is 11.3. The molecule has 0 atom stereocenters. The highest BCUT2D eigenvalue weighted by Crippen LogP contribution is 2.27. The molecule has 1 fully saturated rings. The third-order valence-electron chi connectivity index (χ3n) is 6.18. The van der Waals surface area contributed by atoms with Crippen molar-refractivity contribution in [2.24, 2.45) is 4.40 Å². The molecule has 0 aromatic heterocycles. The largest absolute Gasteiger partial charge is 0.339 e. The first-order chi connectivity index (χ1) is 16.8. The number of piperazine rings is 1. The lowest BCUT2D eigenvalue weighted by atomic mass is 10.1. The summed E-state index contributed by atoms with van der Waals surface area (Å²) in [5.74, 6) is 0.130. The summed E-state index contributed by atoms with van der Waals surface area (Å²) in [6, 6.07) is 21.0. The summed E-state index contributed by atoms with van der Waals surface area (Å²) >= 11 is 0. The molecule has 2 heterocycles. The molecule has 0 saturated carbocycles. The number of benzene rings is 3. The number of hydrogen-bond donors (Lipinski definition) is 1. The molecular weight excluding hydrogens is 464 g/mol. The van der Waals surface area contributed by atoms with Gasteiger partial charge in [0, 0.05) is 48.6 Å². The van der Waals surface area contributed by atoms with Crippen LogP contribution in [0, 0.1) is 6.92 Å². The fourth-order valence-electron chi connectivity index (χ4n) is 4.20. The van der Waals surface area contributed by atoms with Gasteiger partial charge < -0.3 is 15.1 Å². The van der Waals surface area contributed by atoms with Crippen LogP contribution >= 0.6 is 0 Å². The van der Waals surface area contributed by atoms with Crippen LogP contribution in [-0.2, 0) is 10.0 Å². The first-order valence-corrected chi connectivity index (χ1v) is 12.7. The van der Waals surface area contributed by atoms with Gasteiger partial charge in [0.05, 0.1) is 0 Å². The van der Waals surface area contributed by atoms with Crippen molar-refractivity contribution in [1.29, 1.82) is 0 Å². The number of nitrogens with zero attached hydrogens (tertiary/aromatic N) is 3. The van der Waals surface area contributed by atoms with Crippen molar-refractivity contribution in [3.8, 4) is 0 Å². The Morgan fingerprint density at radius 2 is 1.29 bits per heavy atom. The lowest BCUT2D eigenvalue weighted by Crippen LogP contribution is -2.50. The summed E-state index contributed by atoms with van der Waals surface area (Å²) in [6.45, 7) is 3.86. The third-order valence-corrected chi connectivity index (χ3v) is 7.51. The summed E-state index contributed by atoms with van der Waals surface area (Å²) in [6.07, 6.45) is 0. The number of nitrogens with one attached hydrogen (secondary N) is 1. The van der Waals surface area contributed by atoms with E-state index in [2.05, 4.69) is 9.71 Å². The zero-order chi connectivity index (χ0) is 24.6. The van der Waals surface area contributed by atoms with Crippen molar-refractivity contribution in [3.05, 3.63) is 95.1 Å². The molecule has 8 nitrogen and oxygen atoms in total. The van der Waals surface area contributed by atoms with E-state index in [9.17, 15) is 18.0 Å². The highest BCUT2D eigenvalue weighted by Gasteiger charge is 2.29. The number of amidine groups is 1. The second kappa shape index (κ2) is 8.99. The monoisotopic (exact) mass is 488 g/mol. The Morgan fingerprint density at radius 3 is 1.86 bits per heavy atom. The summed E-state index contributed by atoms with van der Waals surface area (Å²) in [7, 11) is -3.70. The van der Waals surface area contributed by atoms with E-state index in [1.165, 1.54) is 6.07 Å². The van der Waals surface area contributed by atoms with Gasteiger partial charge >= 0.3 is 0 Å². The molecule has 2 aliphatic heterocycles. The fraction of sp³-hybridized carbons (Fsp3) is 0.192. The van der Waals surface area contributed by atoms with E-state index in [-0.39, 0.29) is 22.5 Å². The molecule has 0 unspecified atom stereocenters. The number of carbonyl (C=O) groups excluding carboxylic acids is 2. The van der Waals surface area contributed by atoms with Gasteiger partial charge in [-0.25, -0.2) is 0 Å². The van der Waals surface area contributed by atoms with E-state index >= 15 is 0 Å². The topological polar surface area (TPSA) is 99.2 Å². The smallest absolute Gasteiger partial charge is 0.285 e. The molecule has 0 spiro atoms.